The van der Waals surface area contributed by atoms with Gasteiger partial charge in [0.25, 0.3) is 0 Å². The van der Waals surface area contributed by atoms with Crippen molar-refractivity contribution in [2.45, 2.75) is 30.7 Å². The molecule has 2 aromatic rings. The maximum absolute atomic E-state index is 12.8. The van der Waals surface area contributed by atoms with E-state index in [0.717, 1.165) is 16.3 Å². The number of sulfonamides is 1. The fourth-order valence-corrected chi connectivity index (χ4v) is 4.85. The topological polar surface area (TPSA) is 76.3 Å². The summed E-state index contributed by atoms with van der Waals surface area (Å²) in [4.78, 5) is 4.75. The molecule has 0 atom stereocenters. The third-order valence-corrected chi connectivity index (χ3v) is 6.74. The molecular weight excluding hydrogens is 354 g/mol. The van der Waals surface area contributed by atoms with Crippen LogP contribution in [0.5, 0.6) is 0 Å². The summed E-state index contributed by atoms with van der Waals surface area (Å²) in [5.74, 6) is 0. The van der Waals surface area contributed by atoms with Crippen LogP contribution in [0.1, 0.15) is 18.5 Å². The fraction of sp³-hybridized carbons (Fsp3) is 0.400. The first kappa shape index (κ1) is 18.4. The van der Waals surface area contributed by atoms with Crippen molar-refractivity contribution in [2.24, 2.45) is 5.73 Å². The molecule has 3 rings (SSSR count). The number of aryl methyl sites for hydroxylation is 1. The zero-order valence-electron chi connectivity index (χ0n) is 12.8. The molecule has 1 saturated heterocycles. The summed E-state index contributed by atoms with van der Waals surface area (Å²) in [6.07, 6.45) is 1.43. The highest BCUT2D eigenvalue weighted by Gasteiger charge is 2.28. The van der Waals surface area contributed by atoms with Gasteiger partial charge >= 0.3 is 0 Å². The van der Waals surface area contributed by atoms with Gasteiger partial charge in [-0.2, -0.15) is 4.31 Å². The lowest BCUT2D eigenvalue weighted by molar-refractivity contribution is 0.320. The average Bonchev–Trinajstić information content (AvgIpc) is 2.94. The Kier molecular flexibility index (Phi) is 5.80. The minimum Gasteiger partial charge on any atom is -0.328 e. The molecule has 0 bridgehead atoms. The molecule has 0 amide bonds. The number of aromatic nitrogens is 1. The van der Waals surface area contributed by atoms with Crippen LogP contribution >= 0.6 is 23.7 Å². The lowest BCUT2D eigenvalue weighted by Crippen LogP contribution is -2.42. The van der Waals surface area contributed by atoms with E-state index in [1.165, 1.54) is 15.6 Å². The highest BCUT2D eigenvalue weighted by Crippen LogP contribution is 2.27. The second-order valence-electron chi connectivity index (χ2n) is 5.56. The molecule has 0 aliphatic carbocycles. The molecule has 5 nitrogen and oxygen atoms in total. The maximum Gasteiger partial charge on any atom is 0.243 e. The van der Waals surface area contributed by atoms with Crippen LogP contribution in [0.15, 0.2) is 34.5 Å². The molecule has 0 spiro atoms. The van der Waals surface area contributed by atoms with Gasteiger partial charge < -0.3 is 5.73 Å². The average molecular weight is 374 g/mol. The fourth-order valence-electron chi connectivity index (χ4n) is 2.54. The summed E-state index contributed by atoms with van der Waals surface area (Å²) in [5, 5.41) is 2.80. The van der Waals surface area contributed by atoms with Crippen molar-refractivity contribution >= 4 is 33.8 Å². The van der Waals surface area contributed by atoms with Crippen LogP contribution in [0, 0.1) is 6.92 Å². The molecule has 23 heavy (non-hydrogen) atoms. The third kappa shape index (κ3) is 3.92. The molecule has 8 heteroatoms. The van der Waals surface area contributed by atoms with Gasteiger partial charge in [0.1, 0.15) is 5.01 Å². The number of halogens is 1. The van der Waals surface area contributed by atoms with E-state index >= 15 is 0 Å². The molecule has 1 aromatic heterocycles. The van der Waals surface area contributed by atoms with Crippen LogP contribution in [-0.2, 0) is 10.0 Å². The van der Waals surface area contributed by atoms with Crippen molar-refractivity contribution in [2.75, 3.05) is 13.1 Å². The van der Waals surface area contributed by atoms with E-state index < -0.39 is 10.0 Å². The minimum atomic E-state index is -3.45. The molecular formula is C15H20ClN3O2S2. The predicted octanol–water partition coefficient (Wildman–Crippen LogP) is 2.65. The number of benzene rings is 1. The minimum absolute atomic E-state index is 0. The van der Waals surface area contributed by atoms with Crippen molar-refractivity contribution in [3.63, 3.8) is 0 Å². The zero-order valence-corrected chi connectivity index (χ0v) is 15.3. The Bertz CT molecular complexity index is 769. The van der Waals surface area contributed by atoms with E-state index in [0.29, 0.717) is 30.8 Å². The lowest BCUT2D eigenvalue weighted by Gasteiger charge is -2.29. The highest BCUT2D eigenvalue weighted by molar-refractivity contribution is 7.89. The van der Waals surface area contributed by atoms with E-state index in [-0.39, 0.29) is 18.4 Å². The molecule has 0 saturated carbocycles. The van der Waals surface area contributed by atoms with Crippen LogP contribution in [0.25, 0.3) is 10.6 Å². The van der Waals surface area contributed by atoms with E-state index in [9.17, 15) is 8.42 Å². The SMILES string of the molecule is Cc1csc(-c2cccc(S(=O)(=O)N3CCC(N)CC3)c2)n1.Cl. The van der Waals surface area contributed by atoms with Crippen molar-refractivity contribution in [3.05, 3.63) is 35.3 Å². The normalized spacial score (nSPS) is 17.0. The molecule has 1 aliphatic heterocycles. The Morgan fingerprint density at radius 3 is 2.61 bits per heavy atom. The summed E-state index contributed by atoms with van der Waals surface area (Å²) >= 11 is 1.52. The lowest BCUT2D eigenvalue weighted by atomic mass is 10.1. The van der Waals surface area contributed by atoms with E-state index in [2.05, 4.69) is 4.98 Å². The maximum atomic E-state index is 12.8. The van der Waals surface area contributed by atoms with E-state index in [1.54, 1.807) is 18.2 Å². The van der Waals surface area contributed by atoms with Gasteiger partial charge in [-0.15, -0.1) is 23.7 Å². The number of piperidine rings is 1. The summed E-state index contributed by atoms with van der Waals surface area (Å²) in [6, 6.07) is 7.13. The summed E-state index contributed by atoms with van der Waals surface area (Å²) in [7, 11) is -3.45. The van der Waals surface area contributed by atoms with Gasteiger partial charge in [-0.1, -0.05) is 12.1 Å². The Labute approximate surface area is 147 Å². The zero-order chi connectivity index (χ0) is 15.7. The van der Waals surface area contributed by atoms with Crippen LogP contribution in [0.4, 0.5) is 0 Å². The second kappa shape index (κ2) is 7.27. The quantitative estimate of drug-likeness (QED) is 0.897. The van der Waals surface area contributed by atoms with Gasteiger partial charge in [-0.25, -0.2) is 13.4 Å². The van der Waals surface area contributed by atoms with E-state index in [4.69, 9.17) is 5.73 Å². The van der Waals surface area contributed by atoms with Crippen LogP contribution in [0.3, 0.4) is 0 Å². The number of nitrogens with zero attached hydrogens (tertiary/aromatic N) is 2. The first-order valence-corrected chi connectivity index (χ1v) is 9.57. The molecule has 0 radical (unpaired) electrons. The molecule has 1 fully saturated rings. The molecule has 1 aromatic carbocycles. The molecule has 1 aliphatic rings. The Hall–Kier alpha value is -0.990. The number of thiazole rings is 1. The van der Waals surface area contributed by atoms with Crippen molar-refractivity contribution in [3.8, 4) is 10.6 Å². The largest absolute Gasteiger partial charge is 0.328 e. The number of hydrogen-bond acceptors (Lipinski definition) is 5. The monoisotopic (exact) mass is 373 g/mol. The Morgan fingerprint density at radius 2 is 2.00 bits per heavy atom. The molecule has 126 valence electrons. The van der Waals surface area contributed by atoms with Crippen molar-refractivity contribution in [1.82, 2.24) is 9.29 Å². The second-order valence-corrected chi connectivity index (χ2v) is 8.36. The van der Waals surface area contributed by atoms with E-state index in [1.807, 2.05) is 18.4 Å². The molecule has 0 unspecified atom stereocenters. The van der Waals surface area contributed by atoms with Gasteiger partial charge in [-0.05, 0) is 31.9 Å². The predicted molar refractivity (Wildman–Crippen MR) is 95.5 cm³/mol. The smallest absolute Gasteiger partial charge is 0.243 e. The van der Waals surface area contributed by atoms with Crippen LogP contribution < -0.4 is 5.73 Å². The van der Waals surface area contributed by atoms with Crippen molar-refractivity contribution in [1.29, 1.82) is 0 Å². The number of rotatable bonds is 3. The summed E-state index contributed by atoms with van der Waals surface area (Å²) in [6.45, 7) is 2.91. The summed E-state index contributed by atoms with van der Waals surface area (Å²) in [5.41, 5.74) is 7.64. The molecule has 2 heterocycles. The number of nitrogens with two attached hydrogens (primary N) is 1. The van der Waals surface area contributed by atoms with Gasteiger partial charge in [-0.3, -0.25) is 0 Å². The van der Waals surface area contributed by atoms with Gasteiger partial charge in [0.2, 0.25) is 10.0 Å². The van der Waals surface area contributed by atoms with Gasteiger partial charge in [0.05, 0.1) is 4.90 Å². The van der Waals surface area contributed by atoms with Crippen molar-refractivity contribution < 1.29 is 8.42 Å². The van der Waals surface area contributed by atoms with Gasteiger partial charge in [0, 0.05) is 35.8 Å². The Balaban J connectivity index is 0.00000192. The standard InChI is InChI=1S/C15H19N3O2S2.ClH/c1-11-10-21-15(17-11)12-3-2-4-14(9-12)22(19,20)18-7-5-13(16)6-8-18;/h2-4,9-10,13H,5-8,16H2,1H3;1H. The van der Waals surface area contributed by atoms with Gasteiger partial charge in [0.15, 0.2) is 0 Å². The third-order valence-electron chi connectivity index (χ3n) is 3.84. The van der Waals surface area contributed by atoms with Crippen LogP contribution in [-0.4, -0.2) is 36.8 Å². The first-order chi connectivity index (χ1) is 10.5. The van der Waals surface area contributed by atoms with Crippen LogP contribution in [0.2, 0.25) is 0 Å². The summed E-state index contributed by atoms with van der Waals surface area (Å²) < 4.78 is 27.0. The molecule has 2 N–H and O–H groups in total. The number of hydrogen-bond donors (Lipinski definition) is 1. The highest BCUT2D eigenvalue weighted by atomic mass is 35.5. The first-order valence-electron chi connectivity index (χ1n) is 7.25. The Morgan fingerprint density at radius 1 is 1.30 bits per heavy atom.